The van der Waals surface area contributed by atoms with Crippen molar-refractivity contribution in [3.63, 3.8) is 0 Å². The fourth-order valence-corrected chi connectivity index (χ4v) is 2.79. The molecular formula is C15H19N3O2. The van der Waals surface area contributed by atoms with Gasteiger partial charge < -0.3 is 9.32 Å². The van der Waals surface area contributed by atoms with Crippen LogP contribution in [0.3, 0.4) is 0 Å². The van der Waals surface area contributed by atoms with E-state index in [-0.39, 0.29) is 5.91 Å². The summed E-state index contributed by atoms with van der Waals surface area (Å²) in [5, 5.41) is 7.01. The van der Waals surface area contributed by atoms with Crippen LogP contribution >= 0.6 is 0 Å². The Morgan fingerprint density at radius 1 is 1.50 bits per heavy atom. The lowest BCUT2D eigenvalue weighted by Crippen LogP contribution is -2.39. The van der Waals surface area contributed by atoms with Gasteiger partial charge in [0.05, 0.1) is 6.26 Å². The van der Waals surface area contributed by atoms with E-state index in [9.17, 15) is 4.79 Å². The van der Waals surface area contributed by atoms with Gasteiger partial charge in [0, 0.05) is 43.7 Å². The second-order valence-corrected chi connectivity index (χ2v) is 5.27. The molecule has 0 aromatic carbocycles. The first kappa shape index (κ1) is 13.0. The van der Waals surface area contributed by atoms with E-state index in [1.807, 2.05) is 23.1 Å². The Hall–Kier alpha value is -2.04. The number of amides is 1. The molecular weight excluding hydrogens is 254 g/mol. The van der Waals surface area contributed by atoms with E-state index in [2.05, 4.69) is 10.2 Å². The third-order valence-electron chi connectivity index (χ3n) is 3.90. The topological polar surface area (TPSA) is 62.1 Å². The summed E-state index contributed by atoms with van der Waals surface area (Å²) in [6, 6.07) is 5.77. The molecule has 1 unspecified atom stereocenters. The molecule has 1 saturated heterocycles. The van der Waals surface area contributed by atoms with Gasteiger partial charge in [0.15, 0.2) is 0 Å². The number of H-pyrrole nitrogens is 1. The average molecular weight is 273 g/mol. The lowest BCUT2D eigenvalue weighted by Gasteiger charge is -2.32. The van der Waals surface area contributed by atoms with Crippen LogP contribution in [-0.2, 0) is 11.2 Å². The van der Waals surface area contributed by atoms with Crippen molar-refractivity contribution in [2.45, 2.75) is 31.6 Å². The summed E-state index contributed by atoms with van der Waals surface area (Å²) in [6.45, 7) is 1.65. The van der Waals surface area contributed by atoms with Crippen LogP contribution in [0.25, 0.3) is 0 Å². The van der Waals surface area contributed by atoms with E-state index in [0.29, 0.717) is 18.8 Å². The molecule has 0 saturated carbocycles. The van der Waals surface area contributed by atoms with Crippen molar-refractivity contribution in [1.82, 2.24) is 15.1 Å². The molecule has 2 aromatic rings. The van der Waals surface area contributed by atoms with Gasteiger partial charge in [0.1, 0.15) is 5.76 Å². The Labute approximate surface area is 118 Å². The number of carbonyl (C=O) groups excluding carboxylic acids is 1. The molecule has 20 heavy (non-hydrogen) atoms. The zero-order chi connectivity index (χ0) is 13.8. The second kappa shape index (κ2) is 5.94. The first-order valence-corrected chi connectivity index (χ1v) is 7.12. The minimum Gasteiger partial charge on any atom is -0.469 e. The number of furan rings is 1. The maximum absolute atomic E-state index is 12.3. The fraction of sp³-hybridized carbons (Fsp3) is 0.467. The van der Waals surface area contributed by atoms with Gasteiger partial charge in [-0.3, -0.25) is 9.89 Å². The second-order valence-electron chi connectivity index (χ2n) is 5.27. The largest absolute Gasteiger partial charge is 0.469 e. The van der Waals surface area contributed by atoms with E-state index >= 15 is 0 Å². The summed E-state index contributed by atoms with van der Waals surface area (Å²) in [4.78, 5) is 14.2. The Bertz CT molecular complexity index is 533. The number of carbonyl (C=O) groups is 1. The minimum atomic E-state index is 0.214. The number of aromatic amines is 1. The van der Waals surface area contributed by atoms with E-state index in [4.69, 9.17) is 4.42 Å². The molecule has 2 aromatic heterocycles. The van der Waals surface area contributed by atoms with Gasteiger partial charge in [0.25, 0.3) is 0 Å². The first-order valence-electron chi connectivity index (χ1n) is 7.12. The highest BCUT2D eigenvalue weighted by Gasteiger charge is 2.25. The van der Waals surface area contributed by atoms with Gasteiger partial charge in [-0.15, -0.1) is 0 Å². The van der Waals surface area contributed by atoms with E-state index < -0.39 is 0 Å². The number of nitrogens with zero attached hydrogens (tertiary/aromatic N) is 2. The SMILES string of the molecule is O=C(CCc1ccco1)N1CCCC(c2ccn[nH]2)C1. The molecule has 1 amide bonds. The predicted octanol–water partition coefficient (Wildman–Crippen LogP) is 2.34. The van der Waals surface area contributed by atoms with Gasteiger partial charge in [-0.1, -0.05) is 0 Å². The summed E-state index contributed by atoms with van der Waals surface area (Å²) in [5.74, 6) is 1.48. The number of nitrogens with one attached hydrogen (secondary N) is 1. The van der Waals surface area contributed by atoms with Crippen LogP contribution in [0.4, 0.5) is 0 Å². The van der Waals surface area contributed by atoms with Crippen LogP contribution in [0.2, 0.25) is 0 Å². The molecule has 0 radical (unpaired) electrons. The molecule has 0 spiro atoms. The van der Waals surface area contributed by atoms with Crippen LogP contribution in [0, 0.1) is 0 Å². The molecule has 1 aliphatic heterocycles. The number of piperidine rings is 1. The van der Waals surface area contributed by atoms with Gasteiger partial charge in [-0.2, -0.15) is 5.10 Å². The maximum atomic E-state index is 12.3. The number of aromatic nitrogens is 2. The van der Waals surface area contributed by atoms with E-state index in [1.165, 1.54) is 0 Å². The number of likely N-dealkylation sites (tertiary alicyclic amines) is 1. The van der Waals surface area contributed by atoms with Crippen LogP contribution < -0.4 is 0 Å². The number of aryl methyl sites for hydroxylation is 1. The summed E-state index contributed by atoms with van der Waals surface area (Å²) >= 11 is 0. The zero-order valence-corrected chi connectivity index (χ0v) is 11.4. The zero-order valence-electron chi connectivity index (χ0n) is 11.4. The van der Waals surface area contributed by atoms with E-state index in [0.717, 1.165) is 37.4 Å². The van der Waals surface area contributed by atoms with Crippen LogP contribution in [0.1, 0.15) is 36.6 Å². The molecule has 0 aliphatic carbocycles. The summed E-state index contributed by atoms with van der Waals surface area (Å²) in [6.07, 6.45) is 6.78. The molecule has 0 bridgehead atoms. The van der Waals surface area contributed by atoms with Crippen molar-refractivity contribution < 1.29 is 9.21 Å². The van der Waals surface area contributed by atoms with Crippen molar-refractivity contribution in [2.24, 2.45) is 0 Å². The molecule has 1 N–H and O–H groups in total. The smallest absolute Gasteiger partial charge is 0.223 e. The number of rotatable bonds is 4. The average Bonchev–Trinajstić information content (AvgIpc) is 3.18. The predicted molar refractivity (Wildman–Crippen MR) is 74.2 cm³/mol. The number of hydrogen-bond donors (Lipinski definition) is 1. The maximum Gasteiger partial charge on any atom is 0.223 e. The fourth-order valence-electron chi connectivity index (χ4n) is 2.79. The lowest BCUT2D eigenvalue weighted by molar-refractivity contribution is -0.132. The molecule has 1 atom stereocenters. The highest BCUT2D eigenvalue weighted by atomic mass is 16.3. The summed E-state index contributed by atoms with van der Waals surface area (Å²) in [5.41, 5.74) is 1.13. The Balaban J connectivity index is 1.55. The highest BCUT2D eigenvalue weighted by molar-refractivity contribution is 5.76. The molecule has 1 aliphatic rings. The molecule has 3 heterocycles. The monoisotopic (exact) mass is 273 g/mol. The Morgan fingerprint density at radius 2 is 2.45 bits per heavy atom. The van der Waals surface area contributed by atoms with E-state index in [1.54, 1.807) is 12.5 Å². The molecule has 1 fully saturated rings. The van der Waals surface area contributed by atoms with Crippen molar-refractivity contribution >= 4 is 5.91 Å². The van der Waals surface area contributed by atoms with Gasteiger partial charge in [-0.05, 0) is 31.0 Å². The lowest BCUT2D eigenvalue weighted by atomic mass is 9.94. The summed E-state index contributed by atoms with van der Waals surface area (Å²) < 4.78 is 5.27. The first-order chi connectivity index (χ1) is 9.83. The van der Waals surface area contributed by atoms with Crippen molar-refractivity contribution in [1.29, 1.82) is 0 Å². The van der Waals surface area contributed by atoms with Crippen LogP contribution in [-0.4, -0.2) is 34.1 Å². The highest BCUT2D eigenvalue weighted by Crippen LogP contribution is 2.25. The molecule has 106 valence electrons. The van der Waals surface area contributed by atoms with Gasteiger partial charge in [0.2, 0.25) is 5.91 Å². The quantitative estimate of drug-likeness (QED) is 0.930. The van der Waals surface area contributed by atoms with Crippen LogP contribution in [0.5, 0.6) is 0 Å². The third-order valence-corrected chi connectivity index (χ3v) is 3.90. The Morgan fingerprint density at radius 3 is 3.20 bits per heavy atom. The number of hydrogen-bond acceptors (Lipinski definition) is 3. The standard InChI is InChI=1S/C15H19N3O2/c19-15(6-5-13-4-2-10-20-13)18-9-1-3-12(11-18)14-7-8-16-17-14/h2,4,7-8,10,12H,1,3,5-6,9,11H2,(H,16,17). The van der Waals surface area contributed by atoms with Gasteiger partial charge >= 0.3 is 0 Å². The van der Waals surface area contributed by atoms with Gasteiger partial charge in [-0.25, -0.2) is 0 Å². The normalized spacial score (nSPS) is 19.2. The van der Waals surface area contributed by atoms with Crippen molar-refractivity contribution in [2.75, 3.05) is 13.1 Å². The summed E-state index contributed by atoms with van der Waals surface area (Å²) in [7, 11) is 0. The van der Waals surface area contributed by atoms with Crippen LogP contribution in [0.15, 0.2) is 35.1 Å². The molecule has 5 heteroatoms. The minimum absolute atomic E-state index is 0.214. The molecule has 5 nitrogen and oxygen atoms in total. The third kappa shape index (κ3) is 2.92. The molecule has 3 rings (SSSR count). The Kier molecular flexibility index (Phi) is 3.85. The van der Waals surface area contributed by atoms with Crippen molar-refractivity contribution in [3.8, 4) is 0 Å². The van der Waals surface area contributed by atoms with Crippen molar-refractivity contribution in [3.05, 3.63) is 42.1 Å².